The number of rotatable bonds is 7. The number of nitrogens with zero attached hydrogens (tertiary/aromatic N) is 3. The number of carbonyl (C=O) groups excluding carboxylic acids is 2. The number of ketones is 1. The van der Waals surface area contributed by atoms with Crippen molar-refractivity contribution in [2.75, 3.05) is 18.2 Å². The van der Waals surface area contributed by atoms with E-state index >= 15 is 0 Å². The summed E-state index contributed by atoms with van der Waals surface area (Å²) in [5.41, 5.74) is 1.86. The Morgan fingerprint density at radius 1 is 1.13 bits per heavy atom. The number of aryl methyl sites for hydroxylation is 1. The maximum atomic E-state index is 13.1. The number of aromatic nitrogens is 3. The highest BCUT2D eigenvalue weighted by molar-refractivity contribution is 7.99. The Hall–Kier alpha value is -3.65. The molecule has 7 nitrogen and oxygen atoms in total. The van der Waals surface area contributed by atoms with Gasteiger partial charge in [0.2, 0.25) is 11.7 Å². The number of imidazole rings is 1. The van der Waals surface area contributed by atoms with Crippen molar-refractivity contribution in [2.24, 2.45) is 7.05 Å². The van der Waals surface area contributed by atoms with Gasteiger partial charge in [-0.15, -0.1) is 0 Å². The fourth-order valence-electron chi connectivity index (χ4n) is 3.16. The molecule has 0 saturated heterocycles. The molecule has 2 aromatic heterocycles. The average Bonchev–Trinajstić information content (AvgIpc) is 3.22. The lowest BCUT2D eigenvalue weighted by Crippen LogP contribution is -2.14. The van der Waals surface area contributed by atoms with E-state index in [2.05, 4.69) is 15.3 Å². The molecular weight excluding hydrogens is 412 g/mol. The van der Waals surface area contributed by atoms with Crippen LogP contribution in [0.4, 0.5) is 5.69 Å². The van der Waals surface area contributed by atoms with Crippen LogP contribution in [0.5, 0.6) is 5.75 Å². The molecule has 0 fully saturated rings. The Bertz CT molecular complexity index is 1270. The van der Waals surface area contributed by atoms with Crippen molar-refractivity contribution in [3.63, 3.8) is 0 Å². The predicted molar refractivity (Wildman–Crippen MR) is 121 cm³/mol. The number of methoxy groups -OCH3 is 1. The van der Waals surface area contributed by atoms with E-state index in [-0.39, 0.29) is 17.4 Å². The maximum Gasteiger partial charge on any atom is 0.234 e. The molecule has 1 amide bonds. The van der Waals surface area contributed by atoms with Crippen LogP contribution in [0.15, 0.2) is 72.0 Å². The van der Waals surface area contributed by atoms with Crippen molar-refractivity contribution in [1.82, 2.24) is 14.5 Å². The molecule has 0 saturated carbocycles. The lowest BCUT2D eigenvalue weighted by Gasteiger charge is -2.10. The molecule has 156 valence electrons. The lowest BCUT2D eigenvalue weighted by molar-refractivity contribution is -0.113. The van der Waals surface area contributed by atoms with E-state index < -0.39 is 0 Å². The highest BCUT2D eigenvalue weighted by Gasteiger charge is 2.19. The van der Waals surface area contributed by atoms with E-state index in [0.717, 1.165) is 5.39 Å². The number of thioether (sulfide) groups is 1. The van der Waals surface area contributed by atoms with Gasteiger partial charge in [-0.1, -0.05) is 36.0 Å². The minimum Gasteiger partial charge on any atom is -0.497 e. The van der Waals surface area contributed by atoms with Crippen molar-refractivity contribution in [3.8, 4) is 5.75 Å². The molecule has 0 radical (unpaired) electrons. The summed E-state index contributed by atoms with van der Waals surface area (Å²) in [6.07, 6.45) is 3.32. The topological polar surface area (TPSA) is 86.1 Å². The van der Waals surface area contributed by atoms with Crippen LogP contribution in [-0.2, 0) is 11.8 Å². The van der Waals surface area contributed by atoms with Crippen molar-refractivity contribution in [1.29, 1.82) is 0 Å². The van der Waals surface area contributed by atoms with Crippen LogP contribution in [0.25, 0.3) is 10.9 Å². The van der Waals surface area contributed by atoms with E-state index in [1.54, 1.807) is 49.3 Å². The lowest BCUT2D eigenvalue weighted by atomic mass is 10.1. The zero-order chi connectivity index (χ0) is 21.8. The number of benzene rings is 2. The minimum absolute atomic E-state index is 0.151. The van der Waals surface area contributed by atoms with E-state index in [4.69, 9.17) is 4.74 Å². The normalized spacial score (nSPS) is 10.8. The van der Waals surface area contributed by atoms with Crippen LogP contribution in [-0.4, -0.2) is 39.1 Å². The van der Waals surface area contributed by atoms with Crippen molar-refractivity contribution < 1.29 is 14.3 Å². The third-order valence-electron chi connectivity index (χ3n) is 4.67. The molecule has 0 bridgehead atoms. The summed E-state index contributed by atoms with van der Waals surface area (Å²) in [5.74, 6) is 0.805. The van der Waals surface area contributed by atoms with Gasteiger partial charge in [-0.25, -0.2) is 9.97 Å². The van der Waals surface area contributed by atoms with Gasteiger partial charge in [0.25, 0.3) is 0 Å². The molecule has 31 heavy (non-hydrogen) atoms. The fraction of sp³-hybridized carbons (Fsp3) is 0.130. The molecule has 4 rings (SSSR count). The maximum absolute atomic E-state index is 13.1. The first-order valence-corrected chi connectivity index (χ1v) is 10.5. The first kappa shape index (κ1) is 20.6. The van der Waals surface area contributed by atoms with Gasteiger partial charge in [0.05, 0.1) is 23.4 Å². The number of carbonyl (C=O) groups is 2. The summed E-state index contributed by atoms with van der Waals surface area (Å²) in [5, 5.41) is 4.19. The van der Waals surface area contributed by atoms with Gasteiger partial charge in [0, 0.05) is 42.1 Å². The Morgan fingerprint density at radius 3 is 2.74 bits per heavy atom. The SMILES string of the molecule is COc1cccc(NC(=O)CSc2cc(C(=O)c3nccn3C)c3ccccc3n2)c1. The van der Waals surface area contributed by atoms with E-state index in [1.807, 2.05) is 36.4 Å². The standard InChI is InChI=1S/C23H20N4O3S/c1-27-11-10-24-23(27)22(29)18-13-21(26-19-9-4-3-8-17(18)19)31-14-20(28)25-15-6-5-7-16(12-15)30-2/h3-13H,14H2,1-2H3,(H,25,28). The Morgan fingerprint density at radius 2 is 1.97 bits per heavy atom. The quantitative estimate of drug-likeness (QED) is 0.352. The van der Waals surface area contributed by atoms with Gasteiger partial charge in [-0.2, -0.15) is 0 Å². The first-order valence-electron chi connectivity index (χ1n) is 9.53. The largest absolute Gasteiger partial charge is 0.497 e. The highest BCUT2D eigenvalue weighted by Crippen LogP contribution is 2.26. The molecule has 4 aromatic rings. The number of ether oxygens (including phenoxy) is 1. The van der Waals surface area contributed by atoms with Crippen molar-refractivity contribution in [3.05, 3.63) is 78.4 Å². The summed E-state index contributed by atoms with van der Waals surface area (Å²) in [4.78, 5) is 34.3. The van der Waals surface area contributed by atoms with Crippen LogP contribution in [0.3, 0.4) is 0 Å². The van der Waals surface area contributed by atoms with Crippen LogP contribution in [0.2, 0.25) is 0 Å². The molecule has 2 aromatic carbocycles. The molecule has 0 aliphatic rings. The summed E-state index contributed by atoms with van der Waals surface area (Å²) in [6, 6.07) is 16.3. The van der Waals surface area contributed by atoms with Gasteiger partial charge < -0.3 is 14.6 Å². The predicted octanol–water partition coefficient (Wildman–Crippen LogP) is 3.94. The van der Waals surface area contributed by atoms with Gasteiger partial charge in [0.1, 0.15) is 5.75 Å². The molecule has 2 heterocycles. The summed E-state index contributed by atoms with van der Waals surface area (Å²) in [7, 11) is 3.36. The molecule has 0 unspecified atom stereocenters. The first-order chi connectivity index (χ1) is 15.0. The van der Waals surface area contributed by atoms with Gasteiger partial charge in [-0.05, 0) is 24.3 Å². The molecular formula is C23H20N4O3S. The Kier molecular flexibility index (Phi) is 5.99. The molecule has 1 N–H and O–H groups in total. The number of para-hydroxylation sites is 1. The Labute approximate surface area is 183 Å². The number of hydrogen-bond donors (Lipinski definition) is 1. The van der Waals surface area contributed by atoms with E-state index in [1.165, 1.54) is 11.8 Å². The second-order valence-electron chi connectivity index (χ2n) is 6.78. The van der Waals surface area contributed by atoms with Gasteiger partial charge in [0.15, 0.2) is 5.82 Å². The molecule has 0 atom stereocenters. The second kappa shape index (κ2) is 9.01. The van der Waals surface area contributed by atoms with Gasteiger partial charge >= 0.3 is 0 Å². The monoisotopic (exact) mass is 432 g/mol. The highest BCUT2D eigenvalue weighted by atomic mass is 32.2. The second-order valence-corrected chi connectivity index (χ2v) is 7.78. The minimum atomic E-state index is -0.186. The molecule has 0 aliphatic carbocycles. The van der Waals surface area contributed by atoms with Crippen molar-refractivity contribution >= 4 is 40.0 Å². The fourth-order valence-corrected chi connectivity index (χ4v) is 3.87. The van der Waals surface area contributed by atoms with Crippen LogP contribution in [0, 0.1) is 0 Å². The average molecular weight is 433 g/mol. The van der Waals surface area contributed by atoms with Crippen LogP contribution in [0.1, 0.15) is 16.2 Å². The number of nitrogens with one attached hydrogen (secondary N) is 1. The number of amides is 1. The van der Waals surface area contributed by atoms with Gasteiger partial charge in [-0.3, -0.25) is 9.59 Å². The number of anilines is 1. The van der Waals surface area contributed by atoms with Crippen LogP contribution >= 0.6 is 11.8 Å². The number of hydrogen-bond acceptors (Lipinski definition) is 6. The van der Waals surface area contributed by atoms with E-state index in [0.29, 0.717) is 33.4 Å². The number of pyridine rings is 1. The summed E-state index contributed by atoms with van der Waals surface area (Å²) < 4.78 is 6.86. The summed E-state index contributed by atoms with van der Waals surface area (Å²) in [6.45, 7) is 0. The zero-order valence-electron chi connectivity index (χ0n) is 17.0. The zero-order valence-corrected chi connectivity index (χ0v) is 17.8. The molecule has 0 aliphatic heterocycles. The third-order valence-corrected chi connectivity index (χ3v) is 5.58. The number of fused-ring (bicyclic) bond motifs is 1. The third kappa shape index (κ3) is 4.59. The molecule has 0 spiro atoms. The van der Waals surface area contributed by atoms with Crippen molar-refractivity contribution in [2.45, 2.75) is 5.03 Å². The van der Waals surface area contributed by atoms with E-state index in [9.17, 15) is 9.59 Å². The Balaban J connectivity index is 1.56. The smallest absolute Gasteiger partial charge is 0.234 e. The summed E-state index contributed by atoms with van der Waals surface area (Å²) >= 11 is 1.27. The van der Waals surface area contributed by atoms with Crippen LogP contribution < -0.4 is 10.1 Å². The molecule has 8 heteroatoms.